The second-order valence-corrected chi connectivity index (χ2v) is 4.99. The van der Waals surface area contributed by atoms with E-state index in [1.165, 1.54) is 10.5 Å². The zero-order valence-electron chi connectivity index (χ0n) is 11.1. The normalized spacial score (nSPS) is 22.2. The molecule has 1 fully saturated rings. The van der Waals surface area contributed by atoms with Gasteiger partial charge in [-0.25, -0.2) is 4.79 Å². The Balaban J connectivity index is 2.05. The van der Waals surface area contributed by atoms with Gasteiger partial charge in [0, 0.05) is 26.2 Å². The third-order valence-corrected chi connectivity index (χ3v) is 3.59. The number of hydrogen-bond acceptors (Lipinski definition) is 3. The predicted molar refractivity (Wildman–Crippen MR) is 71.9 cm³/mol. The molecule has 1 aliphatic heterocycles. The SMILES string of the molecule is CC(O)C1CN(C(=O)O)CCN1Cc1ccccc1. The quantitative estimate of drug-likeness (QED) is 0.862. The molecule has 0 saturated carbocycles. The first-order chi connectivity index (χ1) is 9.08. The van der Waals surface area contributed by atoms with Gasteiger partial charge in [-0.1, -0.05) is 30.3 Å². The number of carbonyl (C=O) groups is 1. The van der Waals surface area contributed by atoms with Crippen LogP contribution in [0, 0.1) is 0 Å². The standard InChI is InChI=1S/C14H20N2O3/c1-11(17)13-10-16(14(18)19)8-7-15(13)9-12-5-3-2-4-6-12/h2-6,11,13,17H,7-10H2,1H3,(H,18,19). The van der Waals surface area contributed by atoms with E-state index in [1.54, 1.807) is 6.92 Å². The van der Waals surface area contributed by atoms with Crippen molar-refractivity contribution >= 4 is 6.09 Å². The van der Waals surface area contributed by atoms with Crippen molar-refractivity contribution < 1.29 is 15.0 Å². The van der Waals surface area contributed by atoms with Gasteiger partial charge in [-0.3, -0.25) is 4.90 Å². The molecule has 0 spiro atoms. The van der Waals surface area contributed by atoms with Crippen molar-refractivity contribution in [2.75, 3.05) is 19.6 Å². The molecule has 1 heterocycles. The van der Waals surface area contributed by atoms with Crippen LogP contribution in [0.3, 0.4) is 0 Å². The van der Waals surface area contributed by atoms with Gasteiger partial charge in [-0.15, -0.1) is 0 Å². The number of aliphatic hydroxyl groups excluding tert-OH is 1. The molecule has 1 amide bonds. The fraction of sp³-hybridized carbons (Fsp3) is 0.500. The summed E-state index contributed by atoms with van der Waals surface area (Å²) >= 11 is 0. The number of benzene rings is 1. The van der Waals surface area contributed by atoms with E-state index >= 15 is 0 Å². The summed E-state index contributed by atoms with van der Waals surface area (Å²) in [6, 6.07) is 9.88. The minimum Gasteiger partial charge on any atom is -0.465 e. The van der Waals surface area contributed by atoms with E-state index in [0.29, 0.717) is 19.6 Å². The molecule has 0 aliphatic carbocycles. The van der Waals surface area contributed by atoms with Gasteiger partial charge in [0.25, 0.3) is 0 Å². The first kappa shape index (κ1) is 13.8. The summed E-state index contributed by atoms with van der Waals surface area (Å²) in [4.78, 5) is 14.5. The average molecular weight is 264 g/mol. The highest BCUT2D eigenvalue weighted by Crippen LogP contribution is 2.16. The smallest absolute Gasteiger partial charge is 0.407 e. The molecule has 2 N–H and O–H groups in total. The van der Waals surface area contributed by atoms with Gasteiger partial charge < -0.3 is 15.1 Å². The Kier molecular flexibility index (Phi) is 4.39. The number of nitrogens with zero attached hydrogens (tertiary/aromatic N) is 2. The average Bonchev–Trinajstić information content (AvgIpc) is 2.39. The lowest BCUT2D eigenvalue weighted by atomic mass is 10.1. The van der Waals surface area contributed by atoms with Crippen LogP contribution in [0.5, 0.6) is 0 Å². The maximum atomic E-state index is 11.0. The van der Waals surface area contributed by atoms with Crippen LogP contribution in [0.2, 0.25) is 0 Å². The van der Waals surface area contributed by atoms with E-state index in [4.69, 9.17) is 5.11 Å². The summed E-state index contributed by atoms with van der Waals surface area (Å²) in [5.74, 6) is 0. The van der Waals surface area contributed by atoms with Crippen LogP contribution in [-0.2, 0) is 6.54 Å². The summed E-state index contributed by atoms with van der Waals surface area (Å²) in [6.07, 6.45) is -1.46. The van der Waals surface area contributed by atoms with Crippen molar-refractivity contribution in [1.82, 2.24) is 9.80 Å². The van der Waals surface area contributed by atoms with E-state index in [1.807, 2.05) is 30.3 Å². The maximum absolute atomic E-state index is 11.0. The third-order valence-electron chi connectivity index (χ3n) is 3.59. The van der Waals surface area contributed by atoms with Crippen molar-refractivity contribution in [1.29, 1.82) is 0 Å². The second-order valence-electron chi connectivity index (χ2n) is 4.99. The first-order valence-corrected chi connectivity index (χ1v) is 6.52. The summed E-state index contributed by atoms with van der Waals surface area (Å²) in [6.45, 7) is 3.96. The zero-order valence-corrected chi connectivity index (χ0v) is 11.1. The molecule has 19 heavy (non-hydrogen) atoms. The summed E-state index contributed by atoms with van der Waals surface area (Å²) in [7, 11) is 0. The fourth-order valence-corrected chi connectivity index (χ4v) is 2.49. The number of hydrogen-bond donors (Lipinski definition) is 2. The Morgan fingerprint density at radius 3 is 2.63 bits per heavy atom. The largest absolute Gasteiger partial charge is 0.465 e. The van der Waals surface area contributed by atoms with Crippen LogP contribution in [-0.4, -0.2) is 57.9 Å². The Bertz CT molecular complexity index is 422. The number of rotatable bonds is 3. The molecule has 5 heteroatoms. The minimum atomic E-state index is -0.912. The maximum Gasteiger partial charge on any atom is 0.407 e. The summed E-state index contributed by atoms with van der Waals surface area (Å²) in [5.41, 5.74) is 1.18. The number of aliphatic hydroxyl groups is 1. The topological polar surface area (TPSA) is 64.0 Å². The molecule has 1 saturated heterocycles. The Labute approximate surface area is 113 Å². The fourth-order valence-electron chi connectivity index (χ4n) is 2.49. The van der Waals surface area contributed by atoms with Crippen molar-refractivity contribution in [2.24, 2.45) is 0 Å². The van der Waals surface area contributed by atoms with Crippen LogP contribution < -0.4 is 0 Å². The molecule has 2 unspecified atom stereocenters. The molecular formula is C14H20N2O3. The van der Waals surface area contributed by atoms with E-state index in [9.17, 15) is 9.90 Å². The van der Waals surface area contributed by atoms with E-state index < -0.39 is 12.2 Å². The highest BCUT2D eigenvalue weighted by molar-refractivity contribution is 5.65. The van der Waals surface area contributed by atoms with Crippen molar-refractivity contribution in [3.8, 4) is 0 Å². The van der Waals surface area contributed by atoms with Crippen molar-refractivity contribution in [2.45, 2.75) is 25.6 Å². The lowest BCUT2D eigenvalue weighted by molar-refractivity contribution is 0.00151. The monoisotopic (exact) mass is 264 g/mol. The molecule has 104 valence electrons. The van der Waals surface area contributed by atoms with Gasteiger partial charge in [0.05, 0.1) is 12.1 Å². The van der Waals surface area contributed by atoms with Gasteiger partial charge >= 0.3 is 6.09 Å². The first-order valence-electron chi connectivity index (χ1n) is 6.52. The Morgan fingerprint density at radius 2 is 2.05 bits per heavy atom. The summed E-state index contributed by atoms with van der Waals surface area (Å²) in [5, 5.41) is 18.9. The van der Waals surface area contributed by atoms with E-state index in [0.717, 1.165) is 6.54 Å². The molecule has 5 nitrogen and oxygen atoms in total. The molecule has 0 bridgehead atoms. The number of carboxylic acid groups (broad SMARTS) is 1. The molecule has 1 aromatic carbocycles. The van der Waals surface area contributed by atoms with E-state index in [2.05, 4.69) is 4.90 Å². The summed E-state index contributed by atoms with van der Waals surface area (Å²) < 4.78 is 0. The molecule has 0 radical (unpaired) electrons. The van der Waals surface area contributed by atoms with Crippen LogP contribution in [0.4, 0.5) is 4.79 Å². The molecule has 0 aromatic heterocycles. The zero-order chi connectivity index (χ0) is 13.8. The minimum absolute atomic E-state index is 0.148. The van der Waals surface area contributed by atoms with Crippen molar-refractivity contribution in [3.05, 3.63) is 35.9 Å². The lowest BCUT2D eigenvalue weighted by Crippen LogP contribution is -2.57. The number of piperazine rings is 1. The van der Waals surface area contributed by atoms with E-state index in [-0.39, 0.29) is 6.04 Å². The second kappa shape index (κ2) is 6.04. The highest BCUT2D eigenvalue weighted by Gasteiger charge is 2.32. The highest BCUT2D eigenvalue weighted by atomic mass is 16.4. The van der Waals surface area contributed by atoms with Gasteiger partial charge in [-0.05, 0) is 12.5 Å². The number of amides is 1. The van der Waals surface area contributed by atoms with Gasteiger partial charge in [0.15, 0.2) is 0 Å². The molecule has 1 aromatic rings. The molecule has 1 aliphatic rings. The van der Waals surface area contributed by atoms with Crippen molar-refractivity contribution in [3.63, 3.8) is 0 Å². The Hall–Kier alpha value is -1.59. The van der Waals surface area contributed by atoms with Crippen LogP contribution in [0.25, 0.3) is 0 Å². The van der Waals surface area contributed by atoms with Gasteiger partial charge in [0.2, 0.25) is 0 Å². The third kappa shape index (κ3) is 3.45. The Morgan fingerprint density at radius 1 is 1.37 bits per heavy atom. The van der Waals surface area contributed by atoms with Gasteiger partial charge in [-0.2, -0.15) is 0 Å². The lowest BCUT2D eigenvalue weighted by Gasteiger charge is -2.41. The van der Waals surface area contributed by atoms with Gasteiger partial charge in [0.1, 0.15) is 0 Å². The molecule has 2 rings (SSSR count). The predicted octanol–water partition coefficient (Wildman–Crippen LogP) is 1.23. The van der Waals surface area contributed by atoms with Crippen LogP contribution in [0.1, 0.15) is 12.5 Å². The van der Waals surface area contributed by atoms with Crippen LogP contribution >= 0.6 is 0 Å². The molecule has 2 atom stereocenters. The molecular weight excluding hydrogens is 244 g/mol. The van der Waals surface area contributed by atoms with Crippen LogP contribution in [0.15, 0.2) is 30.3 Å².